The number of aromatic nitrogens is 1. The van der Waals surface area contributed by atoms with Gasteiger partial charge in [0.1, 0.15) is 0 Å². The Bertz CT molecular complexity index is 638. The molecule has 0 aliphatic heterocycles. The topological polar surface area (TPSA) is 59.3 Å². The van der Waals surface area contributed by atoms with E-state index >= 15 is 0 Å². The van der Waals surface area contributed by atoms with E-state index in [9.17, 15) is 9.59 Å². The maximum absolute atomic E-state index is 12.1. The van der Waals surface area contributed by atoms with Gasteiger partial charge in [-0.2, -0.15) is 0 Å². The summed E-state index contributed by atoms with van der Waals surface area (Å²) in [5.41, 5.74) is 1.53. The fourth-order valence-electron chi connectivity index (χ4n) is 2.18. The Balaban J connectivity index is 2.04. The molecule has 0 atom stereocenters. The van der Waals surface area contributed by atoms with Gasteiger partial charge in [0.15, 0.2) is 0 Å². The van der Waals surface area contributed by atoms with Gasteiger partial charge in [0.05, 0.1) is 11.9 Å². The van der Waals surface area contributed by atoms with Crippen LogP contribution in [-0.2, 0) is 11.2 Å². The fourth-order valence-corrected chi connectivity index (χ4v) is 2.18. The van der Waals surface area contributed by atoms with Crippen LogP contribution in [0.2, 0.25) is 0 Å². The van der Waals surface area contributed by atoms with Gasteiger partial charge in [0, 0.05) is 17.5 Å². The number of rotatable bonds is 3. The van der Waals surface area contributed by atoms with Crippen LogP contribution in [0.3, 0.4) is 0 Å². The normalized spacial score (nSPS) is 14.9. The second kappa shape index (κ2) is 3.98. The minimum Gasteiger partial charge on any atom is -0.481 e. The van der Waals surface area contributed by atoms with Gasteiger partial charge >= 0.3 is 5.97 Å². The first-order valence-electron chi connectivity index (χ1n) is 6.01. The second-order valence-electron chi connectivity index (χ2n) is 4.76. The van der Waals surface area contributed by atoms with Crippen molar-refractivity contribution in [3.8, 4) is 0 Å². The maximum Gasteiger partial charge on any atom is 0.307 e. The van der Waals surface area contributed by atoms with E-state index in [0.29, 0.717) is 0 Å². The molecule has 1 aromatic carbocycles. The average molecular weight is 243 g/mol. The van der Waals surface area contributed by atoms with Gasteiger partial charge in [-0.25, -0.2) is 0 Å². The molecule has 0 amide bonds. The van der Waals surface area contributed by atoms with Crippen LogP contribution in [0.5, 0.6) is 0 Å². The van der Waals surface area contributed by atoms with E-state index in [1.165, 1.54) is 0 Å². The van der Waals surface area contributed by atoms with E-state index in [1.807, 2.05) is 12.1 Å². The minimum absolute atomic E-state index is 0.0151. The van der Waals surface area contributed by atoms with Crippen molar-refractivity contribution < 1.29 is 14.7 Å². The number of carbonyl (C=O) groups is 2. The maximum atomic E-state index is 12.1. The first-order chi connectivity index (χ1) is 8.65. The standard InChI is InChI=1S/C14H13NO3/c16-13(17)8-9-1-2-10-5-6-15(12(10)7-9)14(18)11-3-4-11/h1-2,5-7,11H,3-4,8H2,(H,16,17). The summed E-state index contributed by atoms with van der Waals surface area (Å²) >= 11 is 0. The number of carboxylic acids is 1. The lowest BCUT2D eigenvalue weighted by Gasteiger charge is -2.04. The monoisotopic (exact) mass is 243 g/mol. The summed E-state index contributed by atoms with van der Waals surface area (Å²) in [4.78, 5) is 22.8. The molecule has 4 heteroatoms. The van der Waals surface area contributed by atoms with E-state index in [1.54, 1.807) is 22.9 Å². The van der Waals surface area contributed by atoms with Crippen molar-refractivity contribution in [1.82, 2.24) is 4.57 Å². The molecule has 1 saturated carbocycles. The zero-order valence-corrected chi connectivity index (χ0v) is 9.80. The molecule has 3 rings (SSSR count). The van der Waals surface area contributed by atoms with Gasteiger partial charge in [0.25, 0.3) is 0 Å². The molecule has 1 aliphatic carbocycles. The number of carboxylic acid groups (broad SMARTS) is 1. The highest BCUT2D eigenvalue weighted by Gasteiger charge is 2.31. The van der Waals surface area contributed by atoms with Crippen LogP contribution in [0, 0.1) is 5.92 Å². The Morgan fingerprint density at radius 3 is 2.72 bits per heavy atom. The molecule has 0 bridgehead atoms. The third-order valence-corrected chi connectivity index (χ3v) is 3.28. The molecule has 1 aliphatic rings. The van der Waals surface area contributed by atoms with Crippen LogP contribution in [0.25, 0.3) is 10.9 Å². The van der Waals surface area contributed by atoms with Crippen LogP contribution >= 0.6 is 0 Å². The quantitative estimate of drug-likeness (QED) is 0.899. The number of hydrogen-bond acceptors (Lipinski definition) is 2. The summed E-state index contributed by atoms with van der Waals surface area (Å²) in [6.45, 7) is 0. The number of hydrogen-bond donors (Lipinski definition) is 1. The smallest absolute Gasteiger partial charge is 0.307 e. The van der Waals surface area contributed by atoms with Crippen molar-refractivity contribution in [2.45, 2.75) is 19.3 Å². The molecule has 1 heterocycles. The summed E-state index contributed by atoms with van der Waals surface area (Å²) in [5.74, 6) is -0.581. The van der Waals surface area contributed by atoms with E-state index in [2.05, 4.69) is 0 Å². The predicted molar refractivity (Wildman–Crippen MR) is 66.6 cm³/mol. The molecule has 1 N–H and O–H groups in total. The second-order valence-corrected chi connectivity index (χ2v) is 4.76. The van der Waals surface area contributed by atoms with Crippen LogP contribution < -0.4 is 0 Å². The van der Waals surface area contributed by atoms with Crippen molar-refractivity contribution >= 4 is 22.8 Å². The van der Waals surface area contributed by atoms with Crippen LogP contribution in [0.15, 0.2) is 30.5 Å². The SMILES string of the molecule is O=C(O)Cc1ccc2ccn(C(=O)C3CC3)c2c1. The van der Waals surface area contributed by atoms with E-state index in [-0.39, 0.29) is 18.2 Å². The molecule has 92 valence electrons. The zero-order chi connectivity index (χ0) is 12.7. The highest BCUT2D eigenvalue weighted by molar-refractivity contribution is 5.95. The molecule has 0 saturated heterocycles. The first kappa shape index (κ1) is 11.0. The van der Waals surface area contributed by atoms with E-state index in [4.69, 9.17) is 5.11 Å². The molecule has 18 heavy (non-hydrogen) atoms. The largest absolute Gasteiger partial charge is 0.481 e. The van der Waals surface area contributed by atoms with E-state index < -0.39 is 5.97 Å². The van der Waals surface area contributed by atoms with Crippen molar-refractivity contribution in [2.24, 2.45) is 5.92 Å². The van der Waals surface area contributed by atoms with Crippen molar-refractivity contribution in [1.29, 1.82) is 0 Å². The Hall–Kier alpha value is -2.10. The highest BCUT2D eigenvalue weighted by Crippen LogP contribution is 2.32. The highest BCUT2D eigenvalue weighted by atomic mass is 16.4. The van der Waals surface area contributed by atoms with Gasteiger partial charge in [-0.3, -0.25) is 14.2 Å². The Kier molecular flexibility index (Phi) is 2.44. The molecular formula is C14H13NO3. The molecule has 0 spiro atoms. The lowest BCUT2D eigenvalue weighted by molar-refractivity contribution is -0.136. The Morgan fingerprint density at radius 2 is 2.06 bits per heavy atom. The van der Waals surface area contributed by atoms with E-state index in [0.717, 1.165) is 29.3 Å². The molecule has 0 radical (unpaired) electrons. The summed E-state index contributed by atoms with van der Waals surface area (Å²) in [6.07, 6.45) is 3.69. The summed E-state index contributed by atoms with van der Waals surface area (Å²) in [5, 5.41) is 9.76. The average Bonchev–Trinajstić information content (AvgIpc) is 3.08. The number of fused-ring (bicyclic) bond motifs is 1. The van der Waals surface area contributed by atoms with Gasteiger partial charge in [-0.1, -0.05) is 12.1 Å². The summed E-state index contributed by atoms with van der Waals surface area (Å²) in [7, 11) is 0. The predicted octanol–water partition coefficient (Wildman–Crippen LogP) is 2.32. The first-order valence-corrected chi connectivity index (χ1v) is 6.01. The molecule has 0 unspecified atom stereocenters. The van der Waals surface area contributed by atoms with Crippen LogP contribution in [-0.4, -0.2) is 21.6 Å². The third-order valence-electron chi connectivity index (χ3n) is 3.28. The number of aliphatic carboxylic acids is 1. The Labute approximate surface area is 104 Å². The molecule has 4 nitrogen and oxygen atoms in total. The lowest BCUT2D eigenvalue weighted by Crippen LogP contribution is -2.11. The number of carbonyl (C=O) groups excluding carboxylic acids is 1. The third kappa shape index (κ3) is 1.90. The fraction of sp³-hybridized carbons (Fsp3) is 0.286. The lowest BCUT2D eigenvalue weighted by atomic mass is 10.1. The summed E-state index contributed by atoms with van der Waals surface area (Å²) in [6, 6.07) is 7.34. The number of benzene rings is 1. The van der Waals surface area contributed by atoms with Crippen LogP contribution in [0.4, 0.5) is 0 Å². The molecular weight excluding hydrogens is 230 g/mol. The van der Waals surface area contributed by atoms with Crippen molar-refractivity contribution in [3.63, 3.8) is 0 Å². The van der Waals surface area contributed by atoms with Gasteiger partial charge in [0.2, 0.25) is 5.91 Å². The zero-order valence-electron chi connectivity index (χ0n) is 9.80. The molecule has 2 aromatic rings. The minimum atomic E-state index is -0.860. The van der Waals surface area contributed by atoms with Gasteiger partial charge < -0.3 is 5.11 Å². The van der Waals surface area contributed by atoms with Gasteiger partial charge in [-0.05, 0) is 30.5 Å². The summed E-state index contributed by atoms with van der Waals surface area (Å²) < 4.78 is 1.65. The van der Waals surface area contributed by atoms with Crippen molar-refractivity contribution in [3.05, 3.63) is 36.0 Å². The van der Waals surface area contributed by atoms with Crippen molar-refractivity contribution in [2.75, 3.05) is 0 Å². The molecule has 1 fully saturated rings. The number of nitrogens with zero attached hydrogens (tertiary/aromatic N) is 1. The Morgan fingerprint density at radius 1 is 1.28 bits per heavy atom. The molecule has 1 aromatic heterocycles. The van der Waals surface area contributed by atoms with Crippen LogP contribution in [0.1, 0.15) is 23.2 Å². The van der Waals surface area contributed by atoms with Gasteiger partial charge in [-0.15, -0.1) is 0 Å².